The summed E-state index contributed by atoms with van der Waals surface area (Å²) in [6, 6.07) is 6.51. The van der Waals surface area contributed by atoms with Crippen molar-refractivity contribution in [2.45, 2.75) is 34.1 Å². The van der Waals surface area contributed by atoms with Crippen LogP contribution in [0.4, 0.5) is 0 Å². The van der Waals surface area contributed by atoms with Crippen LogP contribution in [0.15, 0.2) is 18.2 Å². The zero-order valence-corrected chi connectivity index (χ0v) is 12.7. The Labute approximate surface area is 116 Å². The molecule has 0 heterocycles. The van der Waals surface area contributed by atoms with Crippen LogP contribution < -0.4 is 0 Å². The van der Waals surface area contributed by atoms with Crippen molar-refractivity contribution in [3.8, 4) is 0 Å². The molecule has 0 unspecified atom stereocenters. The fraction of sp³-hybridized carbons (Fsp3) is 0.562. The highest BCUT2D eigenvalue weighted by atomic mass is 16.4. The molecule has 0 aliphatic rings. The first-order valence-corrected chi connectivity index (χ1v) is 6.70. The molecule has 1 rings (SSSR count). The molecule has 0 bridgehead atoms. The number of aryl methyl sites for hydroxylation is 2. The van der Waals surface area contributed by atoms with Crippen molar-refractivity contribution in [3.63, 3.8) is 0 Å². The fourth-order valence-electron chi connectivity index (χ4n) is 2.10. The zero-order valence-electron chi connectivity index (χ0n) is 12.7. The molecule has 1 aromatic carbocycles. The maximum Gasteiger partial charge on any atom is 0.310 e. The van der Waals surface area contributed by atoms with E-state index in [0.29, 0.717) is 6.54 Å². The number of hydrogen-bond acceptors (Lipinski definition) is 2. The second-order valence-corrected chi connectivity index (χ2v) is 6.10. The Balaban J connectivity index is 2.52. The number of hydrogen-bond donors (Lipinski definition) is 1. The lowest BCUT2D eigenvalue weighted by molar-refractivity contribution is -0.147. The predicted octanol–water partition coefficient (Wildman–Crippen LogP) is 2.89. The van der Waals surface area contributed by atoms with Gasteiger partial charge in [0.25, 0.3) is 0 Å². The number of carboxylic acids is 1. The van der Waals surface area contributed by atoms with Gasteiger partial charge in [0.15, 0.2) is 0 Å². The van der Waals surface area contributed by atoms with Crippen molar-refractivity contribution in [2.24, 2.45) is 5.41 Å². The molecular weight excluding hydrogens is 238 g/mol. The Kier molecular flexibility index (Phi) is 5.12. The molecule has 1 N–H and O–H groups in total. The van der Waals surface area contributed by atoms with E-state index in [0.717, 1.165) is 13.0 Å². The van der Waals surface area contributed by atoms with E-state index < -0.39 is 11.4 Å². The number of benzene rings is 1. The average molecular weight is 263 g/mol. The van der Waals surface area contributed by atoms with Crippen molar-refractivity contribution in [3.05, 3.63) is 34.9 Å². The Hall–Kier alpha value is -1.35. The van der Waals surface area contributed by atoms with E-state index >= 15 is 0 Å². The van der Waals surface area contributed by atoms with Gasteiger partial charge in [-0.15, -0.1) is 0 Å². The summed E-state index contributed by atoms with van der Waals surface area (Å²) < 4.78 is 0. The molecule has 1 aromatic rings. The van der Waals surface area contributed by atoms with Crippen molar-refractivity contribution < 1.29 is 9.90 Å². The second-order valence-electron chi connectivity index (χ2n) is 6.10. The fourth-order valence-corrected chi connectivity index (χ4v) is 2.10. The van der Waals surface area contributed by atoms with Crippen LogP contribution in [0.1, 0.15) is 30.5 Å². The lowest BCUT2D eigenvalue weighted by Gasteiger charge is -2.26. The minimum Gasteiger partial charge on any atom is -0.481 e. The van der Waals surface area contributed by atoms with Crippen molar-refractivity contribution >= 4 is 5.97 Å². The van der Waals surface area contributed by atoms with Crippen LogP contribution in [-0.2, 0) is 11.2 Å². The molecule has 0 spiro atoms. The highest BCUT2D eigenvalue weighted by molar-refractivity contribution is 5.73. The highest BCUT2D eigenvalue weighted by Crippen LogP contribution is 2.17. The smallest absolute Gasteiger partial charge is 0.310 e. The molecule has 0 saturated heterocycles. The monoisotopic (exact) mass is 263 g/mol. The summed E-state index contributed by atoms with van der Waals surface area (Å²) in [4.78, 5) is 13.2. The maximum absolute atomic E-state index is 11.1. The van der Waals surface area contributed by atoms with Gasteiger partial charge in [-0.25, -0.2) is 0 Å². The van der Waals surface area contributed by atoms with Gasteiger partial charge < -0.3 is 10.0 Å². The third kappa shape index (κ3) is 4.67. The van der Waals surface area contributed by atoms with Gasteiger partial charge in [-0.1, -0.05) is 18.2 Å². The average Bonchev–Trinajstić information content (AvgIpc) is 2.30. The van der Waals surface area contributed by atoms with E-state index in [1.165, 1.54) is 16.7 Å². The molecule has 3 heteroatoms. The van der Waals surface area contributed by atoms with Gasteiger partial charge in [0.05, 0.1) is 5.41 Å². The summed E-state index contributed by atoms with van der Waals surface area (Å²) in [6.07, 6.45) is 0.952. The van der Waals surface area contributed by atoms with Gasteiger partial charge in [-0.05, 0) is 57.9 Å². The number of likely N-dealkylation sites (N-methyl/N-ethyl adjacent to an activating group) is 1. The summed E-state index contributed by atoms with van der Waals surface area (Å²) in [6.45, 7) is 9.20. The number of nitrogens with zero attached hydrogens (tertiary/aromatic N) is 1. The zero-order chi connectivity index (χ0) is 14.6. The first-order chi connectivity index (χ1) is 8.72. The van der Waals surface area contributed by atoms with Gasteiger partial charge in [-0.2, -0.15) is 0 Å². The van der Waals surface area contributed by atoms with Crippen LogP contribution in [0.25, 0.3) is 0 Å². The van der Waals surface area contributed by atoms with Crippen molar-refractivity contribution in [1.82, 2.24) is 4.90 Å². The quantitative estimate of drug-likeness (QED) is 0.858. The minimum absolute atomic E-state index is 0.563. The Morgan fingerprint density at radius 2 is 1.89 bits per heavy atom. The highest BCUT2D eigenvalue weighted by Gasteiger charge is 2.28. The number of carbonyl (C=O) groups is 1. The molecular formula is C16H25NO2. The number of rotatable bonds is 6. The maximum atomic E-state index is 11.1. The third-order valence-electron chi connectivity index (χ3n) is 3.60. The van der Waals surface area contributed by atoms with Crippen LogP contribution in [0, 0.1) is 19.3 Å². The molecule has 0 saturated carbocycles. The van der Waals surface area contributed by atoms with E-state index in [4.69, 9.17) is 5.11 Å². The van der Waals surface area contributed by atoms with E-state index in [2.05, 4.69) is 36.9 Å². The summed E-state index contributed by atoms with van der Waals surface area (Å²) in [5.74, 6) is -0.745. The molecule has 106 valence electrons. The Morgan fingerprint density at radius 3 is 2.42 bits per heavy atom. The van der Waals surface area contributed by atoms with Crippen LogP contribution in [-0.4, -0.2) is 36.1 Å². The van der Waals surface area contributed by atoms with E-state index in [9.17, 15) is 4.79 Å². The Bertz CT molecular complexity index is 452. The van der Waals surface area contributed by atoms with Gasteiger partial charge >= 0.3 is 5.97 Å². The molecule has 0 radical (unpaired) electrons. The van der Waals surface area contributed by atoms with Crippen molar-refractivity contribution in [1.29, 1.82) is 0 Å². The second kappa shape index (κ2) is 6.20. The first-order valence-electron chi connectivity index (χ1n) is 6.70. The van der Waals surface area contributed by atoms with Crippen LogP contribution in [0.3, 0.4) is 0 Å². The third-order valence-corrected chi connectivity index (χ3v) is 3.60. The minimum atomic E-state index is -0.745. The molecule has 0 aliphatic carbocycles. The molecule has 0 amide bonds. The topological polar surface area (TPSA) is 40.5 Å². The van der Waals surface area contributed by atoms with Crippen LogP contribution >= 0.6 is 0 Å². The normalized spacial score (nSPS) is 11.9. The van der Waals surface area contributed by atoms with Gasteiger partial charge in [0.1, 0.15) is 0 Å². The summed E-state index contributed by atoms with van der Waals surface area (Å²) >= 11 is 0. The summed E-state index contributed by atoms with van der Waals surface area (Å²) in [5, 5.41) is 9.12. The standard InChI is InChI=1S/C16H25NO2/c1-12-6-7-14(10-13(12)2)8-9-17(5)11-16(3,4)15(18)19/h6-7,10H,8-9,11H2,1-5H3,(H,18,19). The number of carboxylic acid groups (broad SMARTS) is 1. The lowest BCUT2D eigenvalue weighted by atomic mass is 9.93. The van der Waals surface area contributed by atoms with Crippen molar-refractivity contribution in [2.75, 3.05) is 20.1 Å². The summed E-state index contributed by atoms with van der Waals surface area (Å²) in [7, 11) is 1.98. The van der Waals surface area contributed by atoms with E-state index in [-0.39, 0.29) is 0 Å². The summed E-state index contributed by atoms with van der Waals surface area (Å²) in [5.41, 5.74) is 3.23. The molecule has 19 heavy (non-hydrogen) atoms. The van der Waals surface area contributed by atoms with Gasteiger partial charge in [-0.3, -0.25) is 4.79 Å². The predicted molar refractivity (Wildman–Crippen MR) is 78.5 cm³/mol. The van der Waals surface area contributed by atoms with Crippen LogP contribution in [0.2, 0.25) is 0 Å². The van der Waals surface area contributed by atoms with Gasteiger partial charge in [0.2, 0.25) is 0 Å². The Morgan fingerprint density at radius 1 is 1.26 bits per heavy atom. The number of aliphatic carboxylic acids is 1. The van der Waals surface area contributed by atoms with Gasteiger partial charge in [0, 0.05) is 13.1 Å². The SMILES string of the molecule is Cc1ccc(CCN(C)CC(C)(C)C(=O)O)cc1C. The molecule has 0 atom stereocenters. The van der Waals surface area contributed by atoms with Crippen LogP contribution in [0.5, 0.6) is 0 Å². The largest absolute Gasteiger partial charge is 0.481 e. The van der Waals surface area contributed by atoms with E-state index in [1.807, 2.05) is 7.05 Å². The molecule has 0 aliphatic heterocycles. The molecule has 0 aromatic heterocycles. The first kappa shape index (κ1) is 15.7. The molecule has 3 nitrogen and oxygen atoms in total. The molecule has 0 fully saturated rings. The lowest BCUT2D eigenvalue weighted by Crippen LogP contribution is -2.38. The van der Waals surface area contributed by atoms with E-state index in [1.54, 1.807) is 13.8 Å².